The number of hydrogen-bond donors (Lipinski definition) is 0. The molecule has 0 spiro atoms. The van der Waals surface area contributed by atoms with Gasteiger partial charge in [-0.25, -0.2) is 4.68 Å². The molecule has 6 nitrogen and oxygen atoms in total. The van der Waals surface area contributed by atoms with Gasteiger partial charge in [0.2, 0.25) is 0 Å². The molecule has 162 valence electrons. The summed E-state index contributed by atoms with van der Waals surface area (Å²) in [5.74, 6) is 0.0878. The third-order valence-electron chi connectivity index (χ3n) is 6.31. The van der Waals surface area contributed by atoms with Crippen LogP contribution in [0.2, 0.25) is 0 Å². The summed E-state index contributed by atoms with van der Waals surface area (Å²) in [5.41, 5.74) is 2.43. The number of amides is 1. The molecule has 2 aliphatic heterocycles. The normalized spacial score (nSPS) is 18.0. The van der Waals surface area contributed by atoms with Crippen LogP contribution in [0.25, 0.3) is 16.3 Å². The van der Waals surface area contributed by atoms with E-state index in [1.807, 2.05) is 63.6 Å². The number of likely N-dealkylation sites (tertiary alicyclic amines) is 1. The highest BCUT2D eigenvalue weighted by molar-refractivity contribution is 7.13. The van der Waals surface area contributed by atoms with Crippen molar-refractivity contribution in [3.8, 4) is 16.3 Å². The van der Waals surface area contributed by atoms with Gasteiger partial charge < -0.3 is 9.80 Å². The van der Waals surface area contributed by atoms with Gasteiger partial charge in [-0.1, -0.05) is 24.3 Å². The topological polar surface area (TPSA) is 44.6 Å². The molecule has 2 saturated heterocycles. The molecule has 1 aromatic carbocycles. The van der Waals surface area contributed by atoms with Crippen LogP contribution >= 0.6 is 11.3 Å². The largest absolute Gasteiger partial charge is 0.336 e. The van der Waals surface area contributed by atoms with Gasteiger partial charge in [-0.2, -0.15) is 5.10 Å². The lowest BCUT2D eigenvalue weighted by Gasteiger charge is -2.35. The van der Waals surface area contributed by atoms with Crippen molar-refractivity contribution in [2.24, 2.45) is 0 Å². The monoisotopic (exact) mass is 435 g/mol. The quantitative estimate of drug-likeness (QED) is 0.595. The lowest BCUT2D eigenvalue weighted by atomic mass is 10.1. The van der Waals surface area contributed by atoms with Crippen molar-refractivity contribution in [3.63, 3.8) is 0 Å². The Labute approximate surface area is 187 Å². The fourth-order valence-corrected chi connectivity index (χ4v) is 5.20. The van der Waals surface area contributed by atoms with Gasteiger partial charge in [0.05, 0.1) is 16.1 Å². The Balaban J connectivity index is 1.29. The van der Waals surface area contributed by atoms with Crippen LogP contribution < -0.4 is 0 Å². The maximum absolute atomic E-state index is 13.5. The van der Waals surface area contributed by atoms with Crippen molar-refractivity contribution in [2.45, 2.75) is 12.8 Å². The van der Waals surface area contributed by atoms with E-state index in [1.165, 1.54) is 25.9 Å². The number of hydrogen-bond acceptors (Lipinski definition) is 5. The maximum Gasteiger partial charge on any atom is 0.257 e. The van der Waals surface area contributed by atoms with Gasteiger partial charge in [-0.15, -0.1) is 11.3 Å². The molecule has 4 heterocycles. The van der Waals surface area contributed by atoms with Crippen LogP contribution in [0.3, 0.4) is 0 Å². The molecular formula is C24H29N5OS. The fourth-order valence-electron chi connectivity index (χ4n) is 4.47. The third-order valence-corrected chi connectivity index (χ3v) is 7.19. The highest BCUT2D eigenvalue weighted by Gasteiger charge is 2.27. The second-order valence-electron chi connectivity index (χ2n) is 8.33. The standard InChI is InChI=1S/C24H29N5OS/c30-24(28-16-14-27(15-17-28)13-12-26-10-4-5-11-26)21-19-29(20-7-2-1-3-8-20)25-23(21)22-9-6-18-31-22/h1-3,6-9,18-19H,4-5,10-17H2. The molecular weight excluding hydrogens is 406 g/mol. The lowest BCUT2D eigenvalue weighted by Crippen LogP contribution is -2.50. The first-order valence-electron chi connectivity index (χ1n) is 11.2. The van der Waals surface area contributed by atoms with Gasteiger partial charge in [-0.3, -0.25) is 9.69 Å². The summed E-state index contributed by atoms with van der Waals surface area (Å²) < 4.78 is 1.83. The van der Waals surface area contributed by atoms with Gasteiger partial charge in [0.15, 0.2) is 0 Å². The second kappa shape index (κ2) is 9.34. The van der Waals surface area contributed by atoms with E-state index >= 15 is 0 Å². The number of thiophene rings is 1. The zero-order valence-electron chi connectivity index (χ0n) is 17.8. The molecule has 0 aliphatic carbocycles. The number of piperazine rings is 1. The number of carbonyl (C=O) groups is 1. The molecule has 0 unspecified atom stereocenters. The molecule has 2 fully saturated rings. The Hall–Kier alpha value is -2.48. The molecule has 5 rings (SSSR count). The van der Waals surface area contributed by atoms with Crippen LogP contribution in [0, 0.1) is 0 Å². The van der Waals surface area contributed by atoms with Crippen molar-refractivity contribution >= 4 is 17.2 Å². The van der Waals surface area contributed by atoms with E-state index in [0.29, 0.717) is 5.56 Å². The summed E-state index contributed by atoms with van der Waals surface area (Å²) in [7, 11) is 0. The molecule has 1 amide bonds. The van der Waals surface area contributed by atoms with Gasteiger partial charge >= 0.3 is 0 Å². The number of rotatable bonds is 6. The van der Waals surface area contributed by atoms with Gasteiger partial charge in [0.1, 0.15) is 5.69 Å². The minimum atomic E-state index is 0.0878. The number of nitrogens with zero attached hydrogens (tertiary/aromatic N) is 5. The summed E-state index contributed by atoms with van der Waals surface area (Å²) >= 11 is 1.62. The van der Waals surface area contributed by atoms with Crippen molar-refractivity contribution < 1.29 is 4.79 Å². The predicted molar refractivity (Wildman–Crippen MR) is 125 cm³/mol. The molecule has 0 saturated carbocycles. The summed E-state index contributed by atoms with van der Waals surface area (Å²) in [5, 5.41) is 6.82. The second-order valence-corrected chi connectivity index (χ2v) is 9.28. The number of carbonyl (C=O) groups excluding carboxylic acids is 1. The zero-order valence-corrected chi connectivity index (χ0v) is 18.6. The first-order valence-corrected chi connectivity index (χ1v) is 12.1. The smallest absolute Gasteiger partial charge is 0.257 e. The van der Waals surface area contributed by atoms with Gasteiger partial charge in [0, 0.05) is 45.5 Å². The number of benzene rings is 1. The van der Waals surface area contributed by atoms with Crippen LogP contribution in [0.5, 0.6) is 0 Å². The third kappa shape index (κ3) is 4.59. The molecule has 7 heteroatoms. The fraction of sp³-hybridized carbons (Fsp3) is 0.417. The summed E-state index contributed by atoms with van der Waals surface area (Å²) in [6.07, 6.45) is 4.57. The molecule has 0 bridgehead atoms. The number of aromatic nitrogens is 2. The zero-order chi connectivity index (χ0) is 21.0. The van der Waals surface area contributed by atoms with E-state index in [1.54, 1.807) is 11.3 Å². The SMILES string of the molecule is O=C(c1cn(-c2ccccc2)nc1-c1cccs1)N1CCN(CCN2CCCC2)CC1. The Morgan fingerprint density at radius 2 is 1.58 bits per heavy atom. The predicted octanol–water partition coefficient (Wildman–Crippen LogP) is 3.45. The Bertz CT molecular complexity index is 986. The molecule has 31 heavy (non-hydrogen) atoms. The van der Waals surface area contributed by atoms with Crippen molar-refractivity contribution in [3.05, 3.63) is 59.6 Å². The van der Waals surface area contributed by atoms with Gasteiger partial charge in [0.25, 0.3) is 5.91 Å². The van der Waals surface area contributed by atoms with Crippen LogP contribution in [0.15, 0.2) is 54.0 Å². The molecule has 2 aromatic heterocycles. The first kappa shape index (κ1) is 20.4. The molecule has 0 atom stereocenters. The maximum atomic E-state index is 13.5. The van der Waals surface area contributed by atoms with Crippen LogP contribution in [-0.4, -0.2) is 82.7 Å². The van der Waals surface area contributed by atoms with E-state index < -0.39 is 0 Å². The van der Waals surface area contributed by atoms with Crippen molar-refractivity contribution in [1.29, 1.82) is 0 Å². The van der Waals surface area contributed by atoms with E-state index in [0.717, 1.165) is 55.5 Å². The van der Waals surface area contributed by atoms with Crippen LogP contribution in [0.4, 0.5) is 0 Å². The minimum Gasteiger partial charge on any atom is -0.336 e. The molecule has 2 aliphatic rings. The average Bonchev–Trinajstić information content (AvgIpc) is 3.59. The van der Waals surface area contributed by atoms with E-state index in [9.17, 15) is 4.79 Å². The van der Waals surface area contributed by atoms with Crippen molar-refractivity contribution in [1.82, 2.24) is 24.5 Å². The summed E-state index contributed by atoms with van der Waals surface area (Å²) in [6.45, 7) is 8.19. The number of para-hydroxylation sites is 1. The highest BCUT2D eigenvalue weighted by Crippen LogP contribution is 2.29. The molecule has 0 radical (unpaired) electrons. The summed E-state index contributed by atoms with van der Waals surface area (Å²) in [4.78, 5) is 21.6. The minimum absolute atomic E-state index is 0.0878. The Morgan fingerprint density at radius 3 is 2.26 bits per heavy atom. The molecule has 0 N–H and O–H groups in total. The van der Waals surface area contributed by atoms with E-state index in [2.05, 4.69) is 9.80 Å². The summed E-state index contributed by atoms with van der Waals surface area (Å²) in [6, 6.07) is 14.0. The van der Waals surface area contributed by atoms with E-state index in [-0.39, 0.29) is 5.91 Å². The Morgan fingerprint density at radius 1 is 0.871 bits per heavy atom. The average molecular weight is 436 g/mol. The molecule has 3 aromatic rings. The highest BCUT2D eigenvalue weighted by atomic mass is 32.1. The van der Waals surface area contributed by atoms with E-state index in [4.69, 9.17) is 5.10 Å². The van der Waals surface area contributed by atoms with Crippen LogP contribution in [-0.2, 0) is 0 Å². The first-order chi connectivity index (χ1) is 15.3. The van der Waals surface area contributed by atoms with Crippen molar-refractivity contribution in [2.75, 3.05) is 52.4 Å². The van der Waals surface area contributed by atoms with Crippen LogP contribution in [0.1, 0.15) is 23.2 Å². The Kier molecular flexibility index (Phi) is 6.15. The van der Waals surface area contributed by atoms with Gasteiger partial charge in [-0.05, 0) is 49.5 Å². The lowest BCUT2D eigenvalue weighted by molar-refractivity contribution is 0.0627.